The first kappa shape index (κ1) is 26.9. The van der Waals surface area contributed by atoms with E-state index in [2.05, 4.69) is 22.0 Å². The molecule has 32 heavy (non-hydrogen) atoms. The lowest BCUT2D eigenvalue weighted by molar-refractivity contribution is -0.135. The van der Waals surface area contributed by atoms with Crippen LogP contribution >= 0.6 is 24.0 Å². The van der Waals surface area contributed by atoms with Gasteiger partial charge in [0.2, 0.25) is 5.91 Å². The van der Waals surface area contributed by atoms with Gasteiger partial charge in [-0.25, -0.2) is 0 Å². The normalized spacial score (nSPS) is 18.5. The van der Waals surface area contributed by atoms with Crippen LogP contribution in [0.2, 0.25) is 0 Å². The molecule has 1 amide bonds. The second kappa shape index (κ2) is 14.7. The number of likely N-dealkylation sites (tertiary alicyclic amines) is 1. The van der Waals surface area contributed by atoms with Gasteiger partial charge in [0.1, 0.15) is 5.76 Å². The summed E-state index contributed by atoms with van der Waals surface area (Å²) in [5, 5.41) is 3.51. The first-order valence-electron chi connectivity index (χ1n) is 11.8. The molecule has 0 aromatic carbocycles. The number of piperazine rings is 1. The summed E-state index contributed by atoms with van der Waals surface area (Å²) in [6.45, 7) is 12.4. The van der Waals surface area contributed by atoms with Gasteiger partial charge in [0, 0.05) is 72.0 Å². The molecule has 0 bridgehead atoms. The lowest BCUT2D eigenvalue weighted by Gasteiger charge is -2.39. The molecule has 1 unspecified atom stereocenters. The molecule has 0 radical (unpaired) electrons. The summed E-state index contributed by atoms with van der Waals surface area (Å²) >= 11 is 0. The maximum atomic E-state index is 12.8. The molecular weight excluding hydrogens is 521 g/mol. The largest absolute Gasteiger partial charge is 0.469 e. The van der Waals surface area contributed by atoms with E-state index in [4.69, 9.17) is 14.1 Å². The highest BCUT2D eigenvalue weighted by Crippen LogP contribution is 2.14. The molecule has 1 atom stereocenters. The van der Waals surface area contributed by atoms with Gasteiger partial charge in [-0.05, 0) is 45.2 Å². The monoisotopic (exact) mass is 561 g/mol. The Hall–Kier alpha value is -1.33. The number of aliphatic imine (C=N–C) groups is 1. The molecule has 1 aromatic heterocycles. The van der Waals surface area contributed by atoms with E-state index in [1.54, 1.807) is 6.26 Å². The van der Waals surface area contributed by atoms with Crippen LogP contribution < -0.4 is 5.32 Å². The first-order valence-corrected chi connectivity index (χ1v) is 11.8. The molecule has 2 saturated heterocycles. The summed E-state index contributed by atoms with van der Waals surface area (Å²) in [6.07, 6.45) is 5.73. The van der Waals surface area contributed by atoms with Gasteiger partial charge in [0.25, 0.3) is 0 Å². The van der Waals surface area contributed by atoms with Gasteiger partial charge in [-0.2, -0.15) is 0 Å². The molecule has 1 aromatic rings. The molecule has 2 aliphatic rings. The quantitative estimate of drug-likeness (QED) is 0.205. The summed E-state index contributed by atoms with van der Waals surface area (Å²) in [7, 11) is 0. The number of carbonyl (C=O) groups excluding carboxylic acids is 1. The van der Waals surface area contributed by atoms with Crippen LogP contribution in [-0.2, 0) is 16.0 Å². The molecule has 3 heterocycles. The number of nitrogens with one attached hydrogen (secondary N) is 1. The second-order valence-corrected chi connectivity index (χ2v) is 8.24. The van der Waals surface area contributed by atoms with Gasteiger partial charge < -0.3 is 24.3 Å². The predicted molar refractivity (Wildman–Crippen MR) is 138 cm³/mol. The Balaban J connectivity index is 0.00000363. The number of carbonyl (C=O) groups is 1. The van der Waals surface area contributed by atoms with Crippen molar-refractivity contribution < 1.29 is 13.9 Å². The first-order chi connectivity index (χ1) is 15.2. The van der Waals surface area contributed by atoms with Gasteiger partial charge in [-0.3, -0.25) is 14.7 Å². The maximum absolute atomic E-state index is 12.8. The molecule has 0 spiro atoms. The number of hydrogen-bond donors (Lipinski definition) is 1. The summed E-state index contributed by atoms with van der Waals surface area (Å²) in [6, 6.07) is 3.87. The Labute approximate surface area is 209 Å². The van der Waals surface area contributed by atoms with Crippen LogP contribution in [0.3, 0.4) is 0 Å². The van der Waals surface area contributed by atoms with Crippen LogP contribution in [0.5, 0.6) is 0 Å². The fraction of sp³-hybridized carbons (Fsp3) is 0.739. The van der Waals surface area contributed by atoms with E-state index in [1.165, 1.54) is 0 Å². The zero-order valence-corrected chi connectivity index (χ0v) is 22.0. The van der Waals surface area contributed by atoms with E-state index in [-0.39, 0.29) is 35.9 Å². The van der Waals surface area contributed by atoms with E-state index in [1.807, 2.05) is 24.0 Å². The van der Waals surface area contributed by atoms with Crippen molar-refractivity contribution in [2.24, 2.45) is 4.99 Å². The van der Waals surface area contributed by atoms with E-state index in [9.17, 15) is 4.79 Å². The summed E-state index contributed by atoms with van der Waals surface area (Å²) in [4.78, 5) is 24.2. The Morgan fingerprint density at radius 2 is 1.94 bits per heavy atom. The van der Waals surface area contributed by atoms with Crippen molar-refractivity contribution in [1.29, 1.82) is 0 Å². The van der Waals surface area contributed by atoms with Crippen molar-refractivity contribution in [2.45, 2.75) is 45.6 Å². The van der Waals surface area contributed by atoms with E-state index in [0.717, 1.165) is 103 Å². The van der Waals surface area contributed by atoms with Crippen molar-refractivity contribution in [1.82, 2.24) is 20.0 Å². The lowest BCUT2D eigenvalue weighted by Crippen LogP contribution is -2.57. The molecule has 2 fully saturated rings. The Morgan fingerprint density at radius 3 is 2.59 bits per heavy atom. The summed E-state index contributed by atoms with van der Waals surface area (Å²) in [5.41, 5.74) is 0. The highest BCUT2D eigenvalue weighted by Gasteiger charge is 2.30. The Bertz CT molecular complexity index is 671. The standard InChI is InChI=1S/C23H39N5O3.HI/c1-3-30-18-7-10-24-23(25-11-9-21-8-6-19-31-21)28-16-14-26(15-17-28)20(2)22(29)27-12-4-5-13-27;/h6,8,19-20H,3-5,7,9-18H2,1-2H3,(H,24,25);1H. The number of hydrogen-bond acceptors (Lipinski definition) is 5. The number of ether oxygens (including phenoxy) is 1. The third-order valence-electron chi connectivity index (χ3n) is 6.08. The van der Waals surface area contributed by atoms with Gasteiger partial charge in [-0.15, -0.1) is 24.0 Å². The van der Waals surface area contributed by atoms with Gasteiger partial charge in [-0.1, -0.05) is 0 Å². The third-order valence-corrected chi connectivity index (χ3v) is 6.08. The van der Waals surface area contributed by atoms with Crippen LogP contribution in [0.25, 0.3) is 0 Å². The van der Waals surface area contributed by atoms with E-state index in [0.29, 0.717) is 0 Å². The van der Waals surface area contributed by atoms with Gasteiger partial charge >= 0.3 is 0 Å². The number of nitrogens with zero attached hydrogens (tertiary/aromatic N) is 4. The van der Waals surface area contributed by atoms with Crippen LogP contribution in [0, 0.1) is 0 Å². The average molecular weight is 562 g/mol. The highest BCUT2D eigenvalue weighted by atomic mass is 127. The maximum Gasteiger partial charge on any atom is 0.239 e. The Morgan fingerprint density at radius 1 is 1.19 bits per heavy atom. The minimum atomic E-state index is -0.0428. The fourth-order valence-electron chi connectivity index (χ4n) is 4.19. The molecule has 3 rings (SSSR count). The smallest absolute Gasteiger partial charge is 0.239 e. The van der Waals surface area contributed by atoms with Crippen molar-refractivity contribution in [3.63, 3.8) is 0 Å². The molecule has 0 saturated carbocycles. The fourth-order valence-corrected chi connectivity index (χ4v) is 4.19. The van der Waals surface area contributed by atoms with Gasteiger partial charge in [0.05, 0.1) is 12.3 Å². The molecule has 182 valence electrons. The number of rotatable bonds is 10. The summed E-state index contributed by atoms with van der Waals surface area (Å²) in [5.74, 6) is 2.20. The van der Waals surface area contributed by atoms with E-state index >= 15 is 0 Å². The Kier molecular flexibility index (Phi) is 12.4. The van der Waals surface area contributed by atoms with Crippen molar-refractivity contribution in [3.05, 3.63) is 24.2 Å². The van der Waals surface area contributed by atoms with Crippen molar-refractivity contribution in [3.8, 4) is 0 Å². The van der Waals surface area contributed by atoms with Crippen LogP contribution in [0.1, 0.15) is 38.9 Å². The zero-order valence-electron chi connectivity index (χ0n) is 19.6. The highest BCUT2D eigenvalue weighted by molar-refractivity contribution is 14.0. The minimum Gasteiger partial charge on any atom is -0.469 e. The van der Waals surface area contributed by atoms with Crippen molar-refractivity contribution >= 4 is 35.8 Å². The van der Waals surface area contributed by atoms with Gasteiger partial charge in [0.15, 0.2) is 5.96 Å². The lowest BCUT2D eigenvalue weighted by atomic mass is 10.2. The summed E-state index contributed by atoms with van der Waals surface area (Å²) < 4.78 is 10.9. The van der Waals surface area contributed by atoms with Crippen LogP contribution in [0.4, 0.5) is 0 Å². The second-order valence-electron chi connectivity index (χ2n) is 8.24. The molecule has 2 aliphatic heterocycles. The number of halogens is 1. The third kappa shape index (κ3) is 8.22. The molecule has 8 nitrogen and oxygen atoms in total. The van der Waals surface area contributed by atoms with Crippen molar-refractivity contribution in [2.75, 3.05) is 65.6 Å². The minimum absolute atomic E-state index is 0. The van der Waals surface area contributed by atoms with E-state index < -0.39 is 0 Å². The topological polar surface area (TPSA) is 73.5 Å². The number of guanidine groups is 1. The molecule has 1 N–H and O–H groups in total. The molecule has 0 aliphatic carbocycles. The molecule has 9 heteroatoms. The molecular formula is C23H40IN5O3. The number of furan rings is 1. The SMILES string of the molecule is CCOCCCN=C(NCCc1ccco1)N1CCN(C(C)C(=O)N2CCCC2)CC1.I. The average Bonchev–Trinajstić information content (AvgIpc) is 3.51. The van der Waals surface area contributed by atoms with Crippen LogP contribution in [0.15, 0.2) is 27.8 Å². The van der Waals surface area contributed by atoms with Crippen LogP contribution in [-0.4, -0.2) is 98.2 Å². The number of amides is 1. The predicted octanol–water partition coefficient (Wildman–Crippen LogP) is 2.44. The zero-order chi connectivity index (χ0) is 21.9.